The van der Waals surface area contributed by atoms with Gasteiger partial charge in [-0.2, -0.15) is 0 Å². The van der Waals surface area contributed by atoms with Crippen LogP contribution in [-0.4, -0.2) is 29.7 Å². The zero-order valence-corrected chi connectivity index (χ0v) is 9.08. The van der Waals surface area contributed by atoms with Gasteiger partial charge in [-0.05, 0) is 45.4 Å². The zero-order valence-electron chi connectivity index (χ0n) is 9.08. The summed E-state index contributed by atoms with van der Waals surface area (Å²) in [6.45, 7) is 4.98. The Balaban J connectivity index is 1.94. The van der Waals surface area contributed by atoms with E-state index in [1.807, 2.05) is 13.8 Å². The second-order valence-electron chi connectivity index (χ2n) is 5.10. The van der Waals surface area contributed by atoms with Gasteiger partial charge < -0.3 is 14.6 Å². The topological polar surface area (TPSA) is 38.7 Å². The van der Waals surface area contributed by atoms with Crippen LogP contribution in [0.25, 0.3) is 0 Å². The lowest BCUT2D eigenvalue weighted by atomic mass is 9.79. The number of ether oxygens (including phenoxy) is 2. The molecule has 1 saturated heterocycles. The first-order valence-electron chi connectivity index (χ1n) is 5.50. The number of rotatable bonds is 1. The molecule has 0 atom stereocenters. The van der Waals surface area contributed by atoms with E-state index in [1.165, 1.54) is 0 Å². The van der Waals surface area contributed by atoms with Gasteiger partial charge in [0, 0.05) is 6.61 Å². The van der Waals surface area contributed by atoms with Crippen molar-refractivity contribution in [3.05, 3.63) is 0 Å². The molecule has 1 aliphatic carbocycles. The summed E-state index contributed by atoms with van der Waals surface area (Å²) in [7, 11) is 0. The molecule has 1 spiro atoms. The van der Waals surface area contributed by atoms with Crippen LogP contribution in [0.1, 0.15) is 39.5 Å². The average Bonchev–Trinajstić information content (AvgIpc) is 2.44. The molecule has 3 nitrogen and oxygen atoms in total. The molecule has 2 aliphatic rings. The van der Waals surface area contributed by atoms with Crippen molar-refractivity contribution in [2.24, 2.45) is 5.92 Å². The smallest absolute Gasteiger partial charge is 0.163 e. The summed E-state index contributed by atoms with van der Waals surface area (Å²) in [5.74, 6) is 0.0689. The molecule has 0 radical (unpaired) electrons. The summed E-state index contributed by atoms with van der Waals surface area (Å²) in [5, 5.41) is 9.05. The van der Waals surface area contributed by atoms with Crippen LogP contribution < -0.4 is 0 Å². The van der Waals surface area contributed by atoms with Crippen molar-refractivity contribution in [2.75, 3.05) is 13.2 Å². The molecule has 82 valence electrons. The van der Waals surface area contributed by atoms with Crippen molar-refractivity contribution >= 4 is 0 Å². The molecular weight excluding hydrogens is 180 g/mol. The van der Waals surface area contributed by atoms with Gasteiger partial charge in [0.25, 0.3) is 0 Å². The Morgan fingerprint density at radius 3 is 2.36 bits per heavy atom. The molecule has 1 aliphatic heterocycles. The highest BCUT2D eigenvalue weighted by atomic mass is 16.8. The first kappa shape index (κ1) is 10.4. The fourth-order valence-corrected chi connectivity index (χ4v) is 2.52. The van der Waals surface area contributed by atoms with Gasteiger partial charge in [0.15, 0.2) is 5.79 Å². The molecule has 2 fully saturated rings. The largest absolute Gasteiger partial charge is 0.396 e. The highest BCUT2D eigenvalue weighted by molar-refractivity contribution is 4.92. The third-order valence-electron chi connectivity index (χ3n) is 3.42. The van der Waals surface area contributed by atoms with Crippen LogP contribution in [0.2, 0.25) is 0 Å². The molecule has 1 N–H and O–H groups in total. The van der Waals surface area contributed by atoms with Crippen molar-refractivity contribution in [3.63, 3.8) is 0 Å². The molecule has 2 rings (SSSR count). The highest BCUT2D eigenvalue weighted by Gasteiger charge is 2.46. The van der Waals surface area contributed by atoms with E-state index in [-0.39, 0.29) is 5.60 Å². The van der Waals surface area contributed by atoms with E-state index < -0.39 is 5.79 Å². The molecule has 3 heteroatoms. The standard InChI is InChI=1S/C11H20O3/c1-10(2)13-8-11(14-10)5-3-9(7-12)4-6-11/h9,12H,3-8H2,1-2H3. The second-order valence-corrected chi connectivity index (χ2v) is 5.10. The summed E-state index contributed by atoms with van der Waals surface area (Å²) >= 11 is 0. The lowest BCUT2D eigenvalue weighted by Crippen LogP contribution is -2.38. The molecule has 14 heavy (non-hydrogen) atoms. The molecule has 0 amide bonds. The Bertz CT molecular complexity index is 205. The van der Waals surface area contributed by atoms with Crippen LogP contribution in [0.15, 0.2) is 0 Å². The Morgan fingerprint density at radius 2 is 1.93 bits per heavy atom. The van der Waals surface area contributed by atoms with E-state index in [0.29, 0.717) is 12.5 Å². The van der Waals surface area contributed by atoms with Crippen molar-refractivity contribution in [1.82, 2.24) is 0 Å². The molecule has 0 bridgehead atoms. The van der Waals surface area contributed by atoms with Gasteiger partial charge in [0.2, 0.25) is 0 Å². The van der Waals surface area contributed by atoms with E-state index in [1.54, 1.807) is 0 Å². The second kappa shape index (κ2) is 3.47. The van der Waals surface area contributed by atoms with Gasteiger partial charge in [-0.1, -0.05) is 0 Å². The molecular formula is C11H20O3. The number of aliphatic hydroxyl groups is 1. The van der Waals surface area contributed by atoms with Gasteiger partial charge in [-0.15, -0.1) is 0 Å². The summed E-state index contributed by atoms with van der Waals surface area (Å²) < 4.78 is 11.6. The fraction of sp³-hybridized carbons (Fsp3) is 1.00. The minimum absolute atomic E-state index is 0.0465. The quantitative estimate of drug-likeness (QED) is 0.700. The molecule has 0 aromatic heterocycles. The van der Waals surface area contributed by atoms with Gasteiger partial charge in [-0.3, -0.25) is 0 Å². The molecule has 0 unspecified atom stereocenters. The molecule has 1 saturated carbocycles. The van der Waals surface area contributed by atoms with Crippen LogP contribution in [0.5, 0.6) is 0 Å². The maximum Gasteiger partial charge on any atom is 0.163 e. The van der Waals surface area contributed by atoms with Crippen molar-refractivity contribution < 1.29 is 14.6 Å². The summed E-state index contributed by atoms with van der Waals surface area (Å²) in [4.78, 5) is 0. The van der Waals surface area contributed by atoms with E-state index >= 15 is 0 Å². The van der Waals surface area contributed by atoms with E-state index in [9.17, 15) is 0 Å². The summed E-state index contributed by atoms with van der Waals surface area (Å²) in [5.41, 5.74) is -0.0465. The van der Waals surface area contributed by atoms with E-state index in [0.717, 1.165) is 32.3 Å². The van der Waals surface area contributed by atoms with Crippen LogP contribution in [-0.2, 0) is 9.47 Å². The summed E-state index contributed by atoms with van der Waals surface area (Å²) in [6.07, 6.45) is 4.19. The maximum absolute atomic E-state index is 9.05. The van der Waals surface area contributed by atoms with Crippen molar-refractivity contribution in [3.8, 4) is 0 Å². The SMILES string of the molecule is CC1(C)OCC2(CCC(CO)CC2)O1. The lowest BCUT2D eigenvalue weighted by Gasteiger charge is -2.35. The molecule has 1 heterocycles. The summed E-state index contributed by atoms with van der Waals surface area (Å²) in [6, 6.07) is 0. The van der Waals surface area contributed by atoms with Crippen LogP contribution in [0.4, 0.5) is 0 Å². The van der Waals surface area contributed by atoms with Crippen molar-refractivity contribution in [2.45, 2.75) is 50.9 Å². The predicted octanol–water partition coefficient (Wildman–Crippen LogP) is 1.69. The Morgan fingerprint density at radius 1 is 1.29 bits per heavy atom. The Kier molecular flexibility index (Phi) is 2.58. The van der Waals surface area contributed by atoms with Crippen LogP contribution >= 0.6 is 0 Å². The van der Waals surface area contributed by atoms with Gasteiger partial charge >= 0.3 is 0 Å². The lowest BCUT2D eigenvalue weighted by molar-refractivity contribution is -0.169. The highest BCUT2D eigenvalue weighted by Crippen LogP contribution is 2.42. The van der Waals surface area contributed by atoms with E-state index in [4.69, 9.17) is 14.6 Å². The maximum atomic E-state index is 9.05. The average molecular weight is 200 g/mol. The zero-order chi connectivity index (χ0) is 10.2. The Labute approximate surface area is 85.4 Å². The van der Waals surface area contributed by atoms with Gasteiger partial charge in [-0.25, -0.2) is 0 Å². The number of aliphatic hydroxyl groups excluding tert-OH is 1. The number of hydrogen-bond acceptors (Lipinski definition) is 3. The number of hydrogen-bond donors (Lipinski definition) is 1. The normalized spacial score (nSPS) is 41.8. The third kappa shape index (κ3) is 1.95. The molecule has 0 aromatic rings. The molecule has 0 aromatic carbocycles. The first-order chi connectivity index (χ1) is 6.55. The minimum Gasteiger partial charge on any atom is -0.396 e. The monoisotopic (exact) mass is 200 g/mol. The van der Waals surface area contributed by atoms with Crippen LogP contribution in [0.3, 0.4) is 0 Å². The van der Waals surface area contributed by atoms with Crippen molar-refractivity contribution in [1.29, 1.82) is 0 Å². The fourth-order valence-electron chi connectivity index (χ4n) is 2.52. The van der Waals surface area contributed by atoms with Crippen LogP contribution in [0, 0.1) is 5.92 Å². The van der Waals surface area contributed by atoms with E-state index in [2.05, 4.69) is 0 Å². The first-order valence-corrected chi connectivity index (χ1v) is 5.50. The van der Waals surface area contributed by atoms with Gasteiger partial charge in [0.1, 0.15) is 0 Å². The third-order valence-corrected chi connectivity index (χ3v) is 3.42. The predicted molar refractivity (Wildman–Crippen MR) is 52.9 cm³/mol. The Hall–Kier alpha value is -0.120. The minimum atomic E-state index is -0.411. The van der Waals surface area contributed by atoms with Gasteiger partial charge in [0.05, 0.1) is 12.2 Å².